The number of anilines is 1. The summed E-state index contributed by atoms with van der Waals surface area (Å²) in [6.45, 7) is 7.84. The number of hydrogen-bond acceptors (Lipinski definition) is 5. The fraction of sp³-hybridized carbons (Fsp3) is 0.469. The number of alkyl halides is 3. The van der Waals surface area contributed by atoms with Gasteiger partial charge in [-0.2, -0.15) is 13.2 Å². The number of nitrogens with one attached hydrogen (secondary N) is 1. The van der Waals surface area contributed by atoms with Gasteiger partial charge in [0, 0.05) is 42.8 Å². The molecule has 3 aliphatic heterocycles. The number of halogens is 3. The van der Waals surface area contributed by atoms with Crippen LogP contribution in [0, 0.1) is 0 Å². The summed E-state index contributed by atoms with van der Waals surface area (Å²) in [5.74, 6) is 0.818. The van der Waals surface area contributed by atoms with E-state index >= 15 is 0 Å². The molecule has 0 saturated carbocycles. The van der Waals surface area contributed by atoms with Crippen molar-refractivity contribution in [3.63, 3.8) is 0 Å². The molecule has 8 heteroatoms. The van der Waals surface area contributed by atoms with Crippen LogP contribution in [0.1, 0.15) is 49.4 Å². The first-order valence-electron chi connectivity index (χ1n) is 14.3. The Bertz CT molecular complexity index is 1280. The molecule has 3 aliphatic rings. The van der Waals surface area contributed by atoms with E-state index in [0.29, 0.717) is 19.7 Å². The summed E-state index contributed by atoms with van der Waals surface area (Å²) >= 11 is 0. The number of rotatable bonds is 4. The fourth-order valence-corrected chi connectivity index (χ4v) is 6.34. The monoisotopic (exact) mass is 552 g/mol. The summed E-state index contributed by atoms with van der Waals surface area (Å²) in [4.78, 5) is 9.24. The van der Waals surface area contributed by atoms with Crippen LogP contribution in [0.5, 0.6) is 5.75 Å². The highest BCUT2D eigenvalue weighted by molar-refractivity contribution is 5.68. The number of likely N-dealkylation sites (N-methyl/N-ethyl adjacent to an activating group) is 1. The molecular formula is C32H39F3N4O. The average Bonchev–Trinajstić information content (AvgIpc) is 3.54. The molecule has 1 spiro atoms. The Kier molecular flexibility index (Phi) is 8.66. The van der Waals surface area contributed by atoms with Crippen LogP contribution in [0.2, 0.25) is 0 Å². The van der Waals surface area contributed by atoms with Gasteiger partial charge in [0.15, 0.2) is 0 Å². The molecule has 0 aliphatic carbocycles. The van der Waals surface area contributed by atoms with Gasteiger partial charge in [0.05, 0.1) is 23.6 Å². The lowest BCUT2D eigenvalue weighted by Gasteiger charge is -2.48. The molecule has 0 radical (unpaired) electrons. The number of aromatic nitrogens is 1. The van der Waals surface area contributed by atoms with Gasteiger partial charge in [-0.05, 0) is 88.6 Å². The van der Waals surface area contributed by atoms with Crippen LogP contribution in [-0.4, -0.2) is 56.3 Å². The van der Waals surface area contributed by atoms with E-state index in [2.05, 4.69) is 29.4 Å². The van der Waals surface area contributed by atoms with Crippen LogP contribution in [0.4, 0.5) is 18.9 Å². The molecule has 3 aromatic rings. The van der Waals surface area contributed by atoms with Gasteiger partial charge in [0.25, 0.3) is 0 Å². The minimum Gasteiger partial charge on any atom is -0.493 e. The Hall–Kier alpha value is -3.10. The van der Waals surface area contributed by atoms with Crippen LogP contribution < -0.4 is 15.0 Å². The van der Waals surface area contributed by atoms with E-state index in [4.69, 9.17) is 9.72 Å². The van der Waals surface area contributed by atoms with Crippen LogP contribution in [0.3, 0.4) is 0 Å². The van der Waals surface area contributed by atoms with Crippen molar-refractivity contribution in [2.45, 2.75) is 50.7 Å². The first kappa shape index (κ1) is 28.4. The lowest BCUT2D eigenvalue weighted by atomic mass is 9.69. The number of nitrogens with zero attached hydrogens (tertiary/aromatic N) is 3. The highest BCUT2D eigenvalue weighted by atomic mass is 19.4. The second kappa shape index (κ2) is 12.2. The Morgan fingerprint density at radius 3 is 2.33 bits per heavy atom. The number of hydrogen-bond donors (Lipinski definition) is 1. The fourth-order valence-electron chi connectivity index (χ4n) is 6.34. The van der Waals surface area contributed by atoms with Gasteiger partial charge >= 0.3 is 6.18 Å². The normalized spacial score (nSPS) is 18.7. The van der Waals surface area contributed by atoms with E-state index in [1.54, 1.807) is 12.1 Å². The van der Waals surface area contributed by atoms with Gasteiger partial charge in [-0.1, -0.05) is 30.3 Å². The zero-order valence-corrected chi connectivity index (χ0v) is 23.4. The smallest absolute Gasteiger partial charge is 0.418 e. The predicted molar refractivity (Wildman–Crippen MR) is 154 cm³/mol. The second-order valence-corrected chi connectivity index (χ2v) is 11.0. The third kappa shape index (κ3) is 6.13. The quantitative estimate of drug-likeness (QED) is 0.399. The Balaban J connectivity index is 0.000000582. The number of para-hydroxylation sites is 2. The second-order valence-electron chi connectivity index (χ2n) is 11.0. The molecule has 0 amide bonds. The van der Waals surface area contributed by atoms with Crippen molar-refractivity contribution >= 4 is 5.69 Å². The molecular weight excluding hydrogens is 513 g/mol. The first-order chi connectivity index (χ1) is 19.3. The lowest BCUT2D eigenvalue weighted by Crippen LogP contribution is -2.51. The van der Waals surface area contributed by atoms with Crippen molar-refractivity contribution in [3.8, 4) is 17.0 Å². The molecule has 4 heterocycles. The Morgan fingerprint density at radius 1 is 0.950 bits per heavy atom. The number of benzene rings is 2. The van der Waals surface area contributed by atoms with Gasteiger partial charge in [-0.3, -0.25) is 9.88 Å². The van der Waals surface area contributed by atoms with Gasteiger partial charge < -0.3 is 15.0 Å². The molecule has 1 aromatic heterocycles. The summed E-state index contributed by atoms with van der Waals surface area (Å²) in [6.07, 6.45) is -0.0122. The van der Waals surface area contributed by atoms with Gasteiger partial charge in [-0.25, -0.2) is 0 Å². The SMILES string of the molecule is C1CCNC1.CCOc1ccccc1-c1ccc2c(n1)CN(C)CC21CCN(c2ccccc2C(F)(F)F)CC1. The van der Waals surface area contributed by atoms with E-state index < -0.39 is 11.7 Å². The molecule has 2 aromatic carbocycles. The maximum Gasteiger partial charge on any atom is 0.418 e. The molecule has 1 N–H and O–H groups in total. The lowest BCUT2D eigenvalue weighted by molar-refractivity contribution is -0.137. The van der Waals surface area contributed by atoms with Crippen molar-refractivity contribution < 1.29 is 17.9 Å². The zero-order valence-electron chi connectivity index (χ0n) is 23.4. The minimum atomic E-state index is -4.36. The maximum absolute atomic E-state index is 13.6. The summed E-state index contributed by atoms with van der Waals surface area (Å²) in [5, 5.41) is 3.22. The van der Waals surface area contributed by atoms with E-state index in [0.717, 1.165) is 48.6 Å². The number of ether oxygens (including phenoxy) is 1. The molecule has 0 unspecified atom stereocenters. The summed E-state index contributed by atoms with van der Waals surface area (Å²) in [6, 6.07) is 18.1. The first-order valence-corrected chi connectivity index (χ1v) is 14.3. The zero-order chi connectivity index (χ0) is 28.2. The van der Waals surface area contributed by atoms with Crippen LogP contribution in [-0.2, 0) is 18.1 Å². The van der Waals surface area contributed by atoms with Crippen molar-refractivity contribution in [1.82, 2.24) is 15.2 Å². The van der Waals surface area contributed by atoms with Gasteiger partial charge in [-0.15, -0.1) is 0 Å². The Labute approximate surface area is 235 Å². The third-order valence-electron chi connectivity index (χ3n) is 8.23. The summed E-state index contributed by atoms with van der Waals surface area (Å²) in [5.41, 5.74) is 3.74. The van der Waals surface area contributed by atoms with Crippen molar-refractivity contribution in [2.24, 2.45) is 0 Å². The molecule has 0 atom stereocenters. The maximum atomic E-state index is 13.6. The summed E-state index contributed by atoms with van der Waals surface area (Å²) < 4.78 is 46.6. The van der Waals surface area contributed by atoms with E-state index in [1.807, 2.05) is 36.1 Å². The molecule has 6 rings (SSSR count). The van der Waals surface area contributed by atoms with Crippen LogP contribution in [0.25, 0.3) is 11.3 Å². The van der Waals surface area contributed by atoms with Crippen LogP contribution in [0.15, 0.2) is 60.7 Å². The summed E-state index contributed by atoms with van der Waals surface area (Å²) in [7, 11) is 2.10. The molecule has 2 saturated heterocycles. The predicted octanol–water partition coefficient (Wildman–Crippen LogP) is 6.52. The molecule has 40 heavy (non-hydrogen) atoms. The standard InChI is InChI=1S/C28H30F3N3O.C4H9N/c1-3-35-26-11-7-4-8-20(26)23-13-12-21-24(32-23)18-33(2)19-27(21)14-16-34(17-15-27)25-10-6-5-9-22(25)28(29,30)31;1-2-4-5-3-1/h4-13H,3,14-19H2,1-2H3;5H,1-4H2. The largest absolute Gasteiger partial charge is 0.493 e. The van der Waals surface area contributed by atoms with E-state index in [9.17, 15) is 13.2 Å². The number of pyridine rings is 1. The van der Waals surface area contributed by atoms with E-state index in [1.165, 1.54) is 43.6 Å². The van der Waals surface area contributed by atoms with Gasteiger partial charge in [0.1, 0.15) is 5.75 Å². The van der Waals surface area contributed by atoms with Crippen LogP contribution >= 0.6 is 0 Å². The molecule has 5 nitrogen and oxygen atoms in total. The highest BCUT2D eigenvalue weighted by Crippen LogP contribution is 2.44. The average molecular weight is 553 g/mol. The van der Waals surface area contributed by atoms with Crippen molar-refractivity contribution in [1.29, 1.82) is 0 Å². The van der Waals surface area contributed by atoms with E-state index in [-0.39, 0.29) is 11.1 Å². The topological polar surface area (TPSA) is 40.6 Å². The molecule has 214 valence electrons. The molecule has 0 bridgehead atoms. The van der Waals surface area contributed by atoms with Gasteiger partial charge in [0.2, 0.25) is 0 Å². The van der Waals surface area contributed by atoms with Crippen molar-refractivity contribution in [2.75, 3.05) is 51.3 Å². The molecule has 2 fully saturated rings. The Morgan fingerprint density at radius 2 is 1.65 bits per heavy atom. The van der Waals surface area contributed by atoms with Crippen molar-refractivity contribution in [3.05, 3.63) is 77.5 Å². The number of piperidine rings is 1. The highest BCUT2D eigenvalue weighted by Gasteiger charge is 2.43. The number of fused-ring (bicyclic) bond motifs is 2. The minimum absolute atomic E-state index is 0.114. The third-order valence-corrected chi connectivity index (χ3v) is 8.23.